The molecule has 0 bridgehead atoms. The van der Waals surface area contributed by atoms with Crippen molar-refractivity contribution in [1.82, 2.24) is 10.3 Å². The van der Waals surface area contributed by atoms with Gasteiger partial charge in [0.15, 0.2) is 0 Å². The Morgan fingerprint density at radius 1 is 1.20 bits per heavy atom. The van der Waals surface area contributed by atoms with Crippen LogP contribution < -0.4 is 10.2 Å². The van der Waals surface area contributed by atoms with Crippen LogP contribution in [0.3, 0.4) is 0 Å². The lowest BCUT2D eigenvalue weighted by atomic mass is 9.90. The molecular weight excluding hydrogens is 246 g/mol. The van der Waals surface area contributed by atoms with Gasteiger partial charge in [-0.25, -0.2) is 0 Å². The highest BCUT2D eigenvalue weighted by Gasteiger charge is 2.32. The van der Waals surface area contributed by atoms with Crippen molar-refractivity contribution in [3.8, 4) is 0 Å². The number of pyridine rings is 1. The SMILES string of the molecule is CCC1(CC)CN(c2cccc3ncccc23)CCN1. The standard InChI is InChI=1S/C17H23N3/c1-3-17(4-2)13-20(12-11-19-17)16-9-5-8-15-14(16)7-6-10-18-15/h5-10,19H,3-4,11-13H2,1-2H3. The first-order chi connectivity index (χ1) is 9.78. The number of aromatic nitrogens is 1. The van der Waals surface area contributed by atoms with Gasteiger partial charge in [0.05, 0.1) is 5.52 Å². The van der Waals surface area contributed by atoms with E-state index in [9.17, 15) is 0 Å². The minimum absolute atomic E-state index is 0.253. The lowest BCUT2D eigenvalue weighted by Crippen LogP contribution is -2.60. The van der Waals surface area contributed by atoms with Crippen LogP contribution in [-0.4, -0.2) is 30.2 Å². The maximum Gasteiger partial charge on any atom is 0.0722 e. The molecule has 0 aliphatic carbocycles. The van der Waals surface area contributed by atoms with Gasteiger partial charge in [0.1, 0.15) is 0 Å². The fourth-order valence-corrected chi connectivity index (χ4v) is 3.25. The second-order valence-corrected chi connectivity index (χ2v) is 5.68. The first-order valence-corrected chi connectivity index (χ1v) is 7.62. The van der Waals surface area contributed by atoms with Gasteiger partial charge < -0.3 is 10.2 Å². The smallest absolute Gasteiger partial charge is 0.0722 e. The zero-order chi connectivity index (χ0) is 14.0. The summed E-state index contributed by atoms with van der Waals surface area (Å²) in [5.74, 6) is 0. The van der Waals surface area contributed by atoms with Gasteiger partial charge in [0.2, 0.25) is 0 Å². The maximum absolute atomic E-state index is 4.47. The number of hydrogen-bond donors (Lipinski definition) is 1. The molecule has 3 rings (SSSR count). The van der Waals surface area contributed by atoms with Crippen molar-refractivity contribution in [3.63, 3.8) is 0 Å². The molecule has 3 nitrogen and oxygen atoms in total. The summed E-state index contributed by atoms with van der Waals surface area (Å²) < 4.78 is 0. The summed E-state index contributed by atoms with van der Waals surface area (Å²) in [5.41, 5.74) is 2.66. The minimum Gasteiger partial charge on any atom is -0.368 e. The van der Waals surface area contributed by atoms with Gasteiger partial charge in [-0.3, -0.25) is 4.98 Å². The third-order valence-electron chi connectivity index (χ3n) is 4.69. The van der Waals surface area contributed by atoms with Crippen LogP contribution in [0.1, 0.15) is 26.7 Å². The summed E-state index contributed by atoms with van der Waals surface area (Å²) in [6.45, 7) is 7.76. The Morgan fingerprint density at radius 2 is 2.05 bits per heavy atom. The van der Waals surface area contributed by atoms with Gasteiger partial charge >= 0.3 is 0 Å². The van der Waals surface area contributed by atoms with E-state index in [4.69, 9.17) is 0 Å². The first kappa shape index (κ1) is 13.4. The summed E-state index contributed by atoms with van der Waals surface area (Å²) in [6.07, 6.45) is 4.21. The van der Waals surface area contributed by atoms with Crippen LogP contribution in [0.4, 0.5) is 5.69 Å². The Labute approximate surface area is 121 Å². The summed E-state index contributed by atoms with van der Waals surface area (Å²) in [5, 5.41) is 4.98. The topological polar surface area (TPSA) is 28.2 Å². The highest BCUT2D eigenvalue weighted by molar-refractivity contribution is 5.91. The van der Waals surface area contributed by atoms with Crippen LogP contribution in [-0.2, 0) is 0 Å². The van der Waals surface area contributed by atoms with Crippen molar-refractivity contribution in [2.75, 3.05) is 24.5 Å². The Kier molecular flexibility index (Phi) is 3.62. The zero-order valence-electron chi connectivity index (χ0n) is 12.4. The van der Waals surface area contributed by atoms with Gasteiger partial charge in [-0.15, -0.1) is 0 Å². The van der Waals surface area contributed by atoms with Crippen molar-refractivity contribution in [3.05, 3.63) is 36.5 Å². The number of piperazine rings is 1. The third-order valence-corrected chi connectivity index (χ3v) is 4.69. The molecule has 0 radical (unpaired) electrons. The molecule has 1 aliphatic rings. The molecule has 0 amide bonds. The molecule has 2 aromatic rings. The number of nitrogens with one attached hydrogen (secondary N) is 1. The van der Waals surface area contributed by atoms with E-state index in [0.717, 1.165) is 25.2 Å². The van der Waals surface area contributed by atoms with Crippen molar-refractivity contribution >= 4 is 16.6 Å². The molecular formula is C17H23N3. The number of anilines is 1. The van der Waals surface area contributed by atoms with E-state index < -0.39 is 0 Å². The Morgan fingerprint density at radius 3 is 2.85 bits per heavy atom. The normalized spacial score (nSPS) is 18.4. The molecule has 20 heavy (non-hydrogen) atoms. The quantitative estimate of drug-likeness (QED) is 0.927. The number of hydrogen-bond acceptors (Lipinski definition) is 3. The van der Waals surface area contributed by atoms with Crippen LogP contribution in [0.15, 0.2) is 36.5 Å². The minimum atomic E-state index is 0.253. The highest BCUT2D eigenvalue weighted by atomic mass is 15.2. The fraction of sp³-hybridized carbons (Fsp3) is 0.471. The molecule has 3 heteroatoms. The molecule has 1 aliphatic heterocycles. The first-order valence-electron chi connectivity index (χ1n) is 7.62. The number of nitrogens with zero attached hydrogens (tertiary/aromatic N) is 2. The van der Waals surface area contributed by atoms with Crippen LogP contribution in [0.5, 0.6) is 0 Å². The zero-order valence-corrected chi connectivity index (χ0v) is 12.4. The predicted octanol–water partition coefficient (Wildman–Crippen LogP) is 3.20. The largest absolute Gasteiger partial charge is 0.368 e. The van der Waals surface area contributed by atoms with Crippen LogP contribution in [0, 0.1) is 0 Å². The van der Waals surface area contributed by atoms with E-state index in [0.29, 0.717) is 0 Å². The van der Waals surface area contributed by atoms with Crippen molar-refractivity contribution < 1.29 is 0 Å². The lowest BCUT2D eigenvalue weighted by molar-refractivity contribution is 0.277. The highest BCUT2D eigenvalue weighted by Crippen LogP contribution is 2.29. The molecule has 1 aromatic carbocycles. The van der Waals surface area contributed by atoms with Crippen LogP contribution in [0.2, 0.25) is 0 Å². The maximum atomic E-state index is 4.47. The lowest BCUT2D eigenvalue weighted by Gasteiger charge is -2.44. The Bertz CT molecular complexity index is 584. The summed E-state index contributed by atoms with van der Waals surface area (Å²) in [4.78, 5) is 6.99. The van der Waals surface area contributed by atoms with E-state index in [1.165, 1.54) is 23.9 Å². The van der Waals surface area contributed by atoms with Crippen molar-refractivity contribution in [1.29, 1.82) is 0 Å². The number of rotatable bonds is 3. The molecule has 0 atom stereocenters. The van der Waals surface area contributed by atoms with Gasteiger partial charge in [-0.2, -0.15) is 0 Å². The number of benzene rings is 1. The molecule has 0 unspecified atom stereocenters. The fourth-order valence-electron chi connectivity index (χ4n) is 3.25. The molecule has 1 N–H and O–H groups in total. The molecule has 0 saturated carbocycles. The Hall–Kier alpha value is -1.61. The van der Waals surface area contributed by atoms with Crippen LogP contribution in [0.25, 0.3) is 10.9 Å². The van der Waals surface area contributed by atoms with Gasteiger partial charge in [-0.05, 0) is 37.1 Å². The molecule has 1 saturated heterocycles. The monoisotopic (exact) mass is 269 g/mol. The van der Waals surface area contributed by atoms with E-state index in [1.54, 1.807) is 0 Å². The second kappa shape index (κ2) is 5.41. The van der Waals surface area contributed by atoms with E-state index in [2.05, 4.69) is 53.3 Å². The molecule has 106 valence electrons. The summed E-state index contributed by atoms with van der Waals surface area (Å²) in [7, 11) is 0. The summed E-state index contributed by atoms with van der Waals surface area (Å²) >= 11 is 0. The second-order valence-electron chi connectivity index (χ2n) is 5.68. The van der Waals surface area contributed by atoms with E-state index in [1.807, 2.05) is 12.3 Å². The van der Waals surface area contributed by atoms with Gasteiger partial charge in [0, 0.05) is 42.4 Å². The van der Waals surface area contributed by atoms with Crippen molar-refractivity contribution in [2.45, 2.75) is 32.2 Å². The third kappa shape index (κ3) is 2.27. The van der Waals surface area contributed by atoms with E-state index in [-0.39, 0.29) is 5.54 Å². The number of fused-ring (bicyclic) bond motifs is 1. The average Bonchev–Trinajstić information content (AvgIpc) is 2.54. The average molecular weight is 269 g/mol. The van der Waals surface area contributed by atoms with Gasteiger partial charge in [0.25, 0.3) is 0 Å². The van der Waals surface area contributed by atoms with Gasteiger partial charge in [-0.1, -0.05) is 19.9 Å². The van der Waals surface area contributed by atoms with Crippen LogP contribution >= 0.6 is 0 Å². The Balaban J connectivity index is 1.98. The molecule has 0 spiro atoms. The molecule has 1 aromatic heterocycles. The summed E-state index contributed by atoms with van der Waals surface area (Å²) in [6, 6.07) is 10.6. The van der Waals surface area contributed by atoms with E-state index >= 15 is 0 Å². The molecule has 1 fully saturated rings. The van der Waals surface area contributed by atoms with Crippen molar-refractivity contribution in [2.24, 2.45) is 0 Å². The molecule has 2 heterocycles. The predicted molar refractivity (Wildman–Crippen MR) is 85.3 cm³/mol.